The summed E-state index contributed by atoms with van der Waals surface area (Å²) in [5.41, 5.74) is 9.19. The lowest BCUT2D eigenvalue weighted by molar-refractivity contribution is 0.0697. The van der Waals surface area contributed by atoms with Crippen LogP contribution in [0.3, 0.4) is 0 Å². The van der Waals surface area contributed by atoms with E-state index in [4.69, 9.17) is 10.5 Å². The van der Waals surface area contributed by atoms with Crippen molar-refractivity contribution in [3.8, 4) is 11.1 Å². The van der Waals surface area contributed by atoms with Crippen LogP contribution in [0.2, 0.25) is 0 Å². The fourth-order valence-corrected chi connectivity index (χ4v) is 3.27. The first-order valence-corrected chi connectivity index (χ1v) is 9.27. The molecule has 1 fully saturated rings. The number of nitrogens with one attached hydrogen (secondary N) is 1. The van der Waals surface area contributed by atoms with E-state index >= 15 is 0 Å². The van der Waals surface area contributed by atoms with Gasteiger partial charge in [-0.05, 0) is 30.3 Å². The summed E-state index contributed by atoms with van der Waals surface area (Å²) in [7, 11) is 0. The fraction of sp³-hybridized carbons (Fsp3) is 0.190. The number of nitrogens with two attached hydrogens (primary N) is 1. The SMILES string of the molecule is Nc1nc(Nc2ccc(N3CCOCC3)cc2)ncc1-c1ccccc1C(=O)O. The number of nitrogens with zero attached hydrogens (tertiary/aromatic N) is 3. The molecule has 1 saturated heterocycles. The molecule has 0 atom stereocenters. The monoisotopic (exact) mass is 391 g/mol. The summed E-state index contributed by atoms with van der Waals surface area (Å²) in [5, 5.41) is 12.5. The highest BCUT2D eigenvalue weighted by molar-refractivity contribution is 5.97. The number of morpholine rings is 1. The number of hydrogen-bond donors (Lipinski definition) is 3. The summed E-state index contributed by atoms with van der Waals surface area (Å²) in [6.45, 7) is 3.24. The molecule has 2 heterocycles. The van der Waals surface area contributed by atoms with Gasteiger partial charge in [-0.2, -0.15) is 4.98 Å². The van der Waals surface area contributed by atoms with E-state index in [0.717, 1.165) is 37.7 Å². The van der Waals surface area contributed by atoms with Crippen LogP contribution in [0.1, 0.15) is 10.4 Å². The molecular weight excluding hydrogens is 370 g/mol. The summed E-state index contributed by atoms with van der Waals surface area (Å²) in [4.78, 5) is 22.3. The molecule has 0 unspecified atom stereocenters. The van der Waals surface area contributed by atoms with Crippen molar-refractivity contribution < 1.29 is 14.6 Å². The van der Waals surface area contributed by atoms with E-state index in [0.29, 0.717) is 17.1 Å². The molecule has 4 rings (SSSR count). The highest BCUT2D eigenvalue weighted by atomic mass is 16.5. The molecule has 0 aliphatic carbocycles. The Kier molecular flexibility index (Phi) is 5.26. The van der Waals surface area contributed by atoms with Gasteiger partial charge in [-0.25, -0.2) is 9.78 Å². The smallest absolute Gasteiger partial charge is 0.336 e. The van der Waals surface area contributed by atoms with Gasteiger partial charge in [0.15, 0.2) is 0 Å². The Morgan fingerprint density at radius 1 is 1.07 bits per heavy atom. The van der Waals surface area contributed by atoms with E-state index in [1.807, 2.05) is 24.3 Å². The van der Waals surface area contributed by atoms with E-state index in [1.165, 1.54) is 12.3 Å². The van der Waals surface area contributed by atoms with Crippen molar-refractivity contribution >= 4 is 29.1 Å². The van der Waals surface area contributed by atoms with Crippen molar-refractivity contribution in [2.24, 2.45) is 0 Å². The van der Waals surface area contributed by atoms with Crippen LogP contribution in [-0.2, 0) is 4.74 Å². The molecule has 0 spiro atoms. The van der Waals surface area contributed by atoms with E-state index in [9.17, 15) is 9.90 Å². The molecule has 8 nitrogen and oxygen atoms in total. The minimum atomic E-state index is -1.03. The predicted molar refractivity (Wildman–Crippen MR) is 112 cm³/mol. The second-order valence-corrected chi connectivity index (χ2v) is 6.61. The third-order valence-electron chi connectivity index (χ3n) is 4.77. The molecule has 29 heavy (non-hydrogen) atoms. The molecule has 1 aliphatic heterocycles. The third-order valence-corrected chi connectivity index (χ3v) is 4.77. The molecule has 0 amide bonds. The van der Waals surface area contributed by atoms with Crippen LogP contribution in [0.15, 0.2) is 54.7 Å². The number of aromatic carboxylic acids is 1. The van der Waals surface area contributed by atoms with Crippen molar-refractivity contribution in [3.63, 3.8) is 0 Å². The number of aromatic nitrogens is 2. The lowest BCUT2D eigenvalue weighted by Crippen LogP contribution is -2.36. The van der Waals surface area contributed by atoms with Crippen molar-refractivity contribution in [2.45, 2.75) is 0 Å². The van der Waals surface area contributed by atoms with E-state index < -0.39 is 5.97 Å². The van der Waals surface area contributed by atoms with Crippen molar-refractivity contribution in [1.29, 1.82) is 0 Å². The van der Waals surface area contributed by atoms with E-state index in [2.05, 4.69) is 20.2 Å². The molecule has 148 valence electrons. The Bertz CT molecular complexity index is 1020. The van der Waals surface area contributed by atoms with E-state index in [-0.39, 0.29) is 11.4 Å². The number of carboxylic acid groups (broad SMARTS) is 1. The van der Waals surface area contributed by atoms with Crippen molar-refractivity contribution in [1.82, 2.24) is 9.97 Å². The topological polar surface area (TPSA) is 114 Å². The molecule has 2 aromatic carbocycles. The second kappa shape index (κ2) is 8.15. The molecule has 0 bridgehead atoms. The standard InChI is InChI=1S/C21H21N5O3/c22-19-18(16-3-1-2-4-17(16)20(27)28)13-23-21(25-19)24-14-5-7-15(8-6-14)26-9-11-29-12-10-26/h1-8,13H,9-12H2,(H,27,28)(H3,22,23,24,25). The Balaban J connectivity index is 1.52. The Hall–Kier alpha value is -3.65. The molecule has 8 heteroatoms. The van der Waals surface area contributed by atoms with Crippen LogP contribution in [-0.4, -0.2) is 47.3 Å². The minimum absolute atomic E-state index is 0.155. The highest BCUT2D eigenvalue weighted by Gasteiger charge is 2.15. The first kappa shape index (κ1) is 18.7. The van der Waals surface area contributed by atoms with Crippen LogP contribution in [0.5, 0.6) is 0 Å². The van der Waals surface area contributed by atoms with Gasteiger partial charge in [0, 0.05) is 41.8 Å². The number of hydrogen-bond acceptors (Lipinski definition) is 7. The first-order valence-electron chi connectivity index (χ1n) is 9.27. The van der Waals surface area contributed by atoms with Crippen LogP contribution >= 0.6 is 0 Å². The van der Waals surface area contributed by atoms with Crippen LogP contribution in [0, 0.1) is 0 Å². The highest BCUT2D eigenvalue weighted by Crippen LogP contribution is 2.28. The van der Waals surface area contributed by atoms with Crippen LogP contribution in [0.4, 0.5) is 23.1 Å². The zero-order valence-electron chi connectivity index (χ0n) is 15.7. The second-order valence-electron chi connectivity index (χ2n) is 6.61. The van der Waals surface area contributed by atoms with E-state index in [1.54, 1.807) is 18.2 Å². The first-order chi connectivity index (χ1) is 14.1. The Morgan fingerprint density at radius 2 is 1.79 bits per heavy atom. The van der Waals surface area contributed by atoms with Gasteiger partial charge in [-0.1, -0.05) is 18.2 Å². The largest absolute Gasteiger partial charge is 0.478 e. The average Bonchev–Trinajstić information content (AvgIpc) is 2.75. The summed E-state index contributed by atoms with van der Waals surface area (Å²) in [6.07, 6.45) is 1.54. The molecule has 4 N–H and O–H groups in total. The quantitative estimate of drug-likeness (QED) is 0.608. The van der Waals surface area contributed by atoms with Gasteiger partial charge in [-0.15, -0.1) is 0 Å². The fourth-order valence-electron chi connectivity index (χ4n) is 3.27. The lowest BCUT2D eigenvalue weighted by Gasteiger charge is -2.28. The van der Waals surface area contributed by atoms with Gasteiger partial charge in [-0.3, -0.25) is 0 Å². The zero-order valence-corrected chi connectivity index (χ0v) is 15.7. The molecular formula is C21H21N5O3. The van der Waals surface area contributed by atoms with Gasteiger partial charge in [0.1, 0.15) is 5.82 Å². The Morgan fingerprint density at radius 3 is 2.48 bits per heavy atom. The van der Waals surface area contributed by atoms with Gasteiger partial charge in [0.2, 0.25) is 5.95 Å². The summed E-state index contributed by atoms with van der Waals surface area (Å²) >= 11 is 0. The van der Waals surface area contributed by atoms with Gasteiger partial charge in [0.25, 0.3) is 0 Å². The van der Waals surface area contributed by atoms with Crippen LogP contribution < -0.4 is 16.0 Å². The summed E-state index contributed by atoms with van der Waals surface area (Å²) in [6, 6.07) is 14.6. The maximum atomic E-state index is 11.5. The molecule has 1 aromatic heterocycles. The number of carboxylic acids is 1. The summed E-state index contributed by atoms with van der Waals surface area (Å²) < 4.78 is 5.38. The molecule has 3 aromatic rings. The minimum Gasteiger partial charge on any atom is -0.478 e. The van der Waals surface area contributed by atoms with Gasteiger partial charge >= 0.3 is 5.97 Å². The predicted octanol–water partition coefficient (Wildman–Crippen LogP) is 3.00. The van der Waals surface area contributed by atoms with Crippen LogP contribution in [0.25, 0.3) is 11.1 Å². The van der Waals surface area contributed by atoms with Crippen molar-refractivity contribution in [2.75, 3.05) is 42.3 Å². The number of carbonyl (C=O) groups is 1. The van der Waals surface area contributed by atoms with Gasteiger partial charge in [0.05, 0.1) is 18.8 Å². The number of nitrogen functional groups attached to an aromatic ring is 1. The Labute approximate surface area is 168 Å². The summed E-state index contributed by atoms with van der Waals surface area (Å²) in [5.74, 6) is -0.470. The number of ether oxygens (including phenoxy) is 1. The number of benzene rings is 2. The maximum absolute atomic E-state index is 11.5. The molecule has 0 radical (unpaired) electrons. The normalized spacial score (nSPS) is 13.9. The number of rotatable bonds is 5. The van der Waals surface area contributed by atoms with Crippen molar-refractivity contribution in [3.05, 3.63) is 60.3 Å². The zero-order chi connectivity index (χ0) is 20.2. The van der Waals surface area contributed by atoms with Gasteiger partial charge < -0.3 is 25.8 Å². The molecule has 0 saturated carbocycles. The lowest BCUT2D eigenvalue weighted by atomic mass is 10.0. The molecule has 1 aliphatic rings. The maximum Gasteiger partial charge on any atom is 0.336 e. The number of anilines is 4. The average molecular weight is 391 g/mol. The third kappa shape index (κ3) is 4.12.